The number of halogens is 4. The maximum atomic E-state index is 13.7. The molecule has 0 radical (unpaired) electrons. The van der Waals surface area contributed by atoms with Crippen LogP contribution in [0.5, 0.6) is 5.75 Å². The van der Waals surface area contributed by atoms with E-state index < -0.39 is 35.8 Å². The summed E-state index contributed by atoms with van der Waals surface area (Å²) in [5, 5.41) is 9.04. The van der Waals surface area contributed by atoms with Crippen LogP contribution in [0, 0.1) is 0 Å². The molecular formula is C20H17ClF3NO4. The number of hydrogen-bond donors (Lipinski definition) is 1. The van der Waals surface area contributed by atoms with Crippen molar-refractivity contribution in [3.8, 4) is 16.9 Å². The van der Waals surface area contributed by atoms with Gasteiger partial charge in [0, 0.05) is 23.7 Å². The predicted molar refractivity (Wildman–Crippen MR) is 100 cm³/mol. The van der Waals surface area contributed by atoms with E-state index in [-0.39, 0.29) is 21.9 Å². The predicted octanol–water partition coefficient (Wildman–Crippen LogP) is 4.73. The second kappa shape index (κ2) is 8.32. The molecule has 154 valence electrons. The van der Waals surface area contributed by atoms with Crippen molar-refractivity contribution in [2.24, 2.45) is 0 Å². The van der Waals surface area contributed by atoms with Gasteiger partial charge in [-0.1, -0.05) is 17.7 Å². The number of carboxylic acid groups (broad SMARTS) is 1. The topological polar surface area (TPSA) is 66.8 Å². The zero-order chi connectivity index (χ0) is 21.2. The first-order valence-electron chi connectivity index (χ1n) is 8.82. The Kier molecular flexibility index (Phi) is 6.02. The number of ether oxygens (including phenoxy) is 1. The molecule has 2 aromatic carbocycles. The molecule has 0 spiro atoms. The fourth-order valence-electron chi connectivity index (χ4n) is 3.22. The highest BCUT2D eigenvalue weighted by molar-refractivity contribution is 6.31. The summed E-state index contributed by atoms with van der Waals surface area (Å²) in [6, 6.07) is 7.59. The van der Waals surface area contributed by atoms with Gasteiger partial charge in [0.25, 0.3) is 5.91 Å². The third-order valence-corrected chi connectivity index (χ3v) is 4.79. The largest absolute Gasteiger partial charge is 0.481 e. The van der Waals surface area contributed by atoms with E-state index in [2.05, 4.69) is 0 Å². The number of rotatable bonds is 5. The van der Waals surface area contributed by atoms with Gasteiger partial charge in [0.15, 0.2) is 6.61 Å². The molecule has 0 aliphatic carbocycles. The number of hydrogen-bond acceptors (Lipinski definition) is 3. The molecule has 1 aliphatic rings. The standard InChI is InChI=1S/C20H17ClF3NO4/c21-13-4-6-17(29-11-18(26)27)15(10-13)12-3-5-14(16(9-12)20(22,23)24)19(28)25-7-1-2-8-25/h3-6,9-10H,1-2,7-8,11H2,(H,26,27). The van der Waals surface area contributed by atoms with Crippen LogP contribution in [0.25, 0.3) is 11.1 Å². The van der Waals surface area contributed by atoms with E-state index in [1.165, 1.54) is 29.2 Å². The van der Waals surface area contributed by atoms with Crippen LogP contribution in [0.15, 0.2) is 36.4 Å². The fraction of sp³-hybridized carbons (Fsp3) is 0.300. The number of amides is 1. The van der Waals surface area contributed by atoms with Crippen molar-refractivity contribution in [3.63, 3.8) is 0 Å². The second-order valence-corrected chi connectivity index (χ2v) is 7.02. The summed E-state index contributed by atoms with van der Waals surface area (Å²) >= 11 is 5.97. The number of aliphatic carboxylic acids is 1. The average molecular weight is 428 g/mol. The number of carboxylic acids is 1. The van der Waals surface area contributed by atoms with Crippen molar-refractivity contribution in [1.29, 1.82) is 0 Å². The fourth-order valence-corrected chi connectivity index (χ4v) is 3.39. The van der Waals surface area contributed by atoms with Crippen molar-refractivity contribution >= 4 is 23.5 Å². The Morgan fingerprint density at radius 3 is 2.41 bits per heavy atom. The van der Waals surface area contributed by atoms with Crippen LogP contribution in [-0.4, -0.2) is 41.6 Å². The van der Waals surface area contributed by atoms with Crippen molar-refractivity contribution in [2.75, 3.05) is 19.7 Å². The maximum absolute atomic E-state index is 13.7. The number of carbonyl (C=O) groups excluding carboxylic acids is 1. The first kappa shape index (κ1) is 21.0. The van der Waals surface area contributed by atoms with Gasteiger partial charge in [-0.2, -0.15) is 13.2 Å². The quantitative estimate of drug-likeness (QED) is 0.749. The van der Waals surface area contributed by atoms with Crippen LogP contribution in [-0.2, 0) is 11.0 Å². The van der Waals surface area contributed by atoms with E-state index in [1.807, 2.05) is 0 Å². The van der Waals surface area contributed by atoms with E-state index in [0.29, 0.717) is 13.1 Å². The normalized spacial score (nSPS) is 14.1. The summed E-state index contributed by atoms with van der Waals surface area (Å²) in [6.07, 6.45) is -3.22. The van der Waals surface area contributed by atoms with Crippen molar-refractivity contribution in [1.82, 2.24) is 4.90 Å². The Morgan fingerprint density at radius 2 is 1.79 bits per heavy atom. The minimum Gasteiger partial charge on any atom is -0.481 e. The lowest BCUT2D eigenvalue weighted by Crippen LogP contribution is -2.29. The summed E-state index contributed by atoms with van der Waals surface area (Å²) < 4.78 is 46.3. The molecule has 29 heavy (non-hydrogen) atoms. The number of alkyl halides is 3. The smallest absolute Gasteiger partial charge is 0.417 e. The minimum atomic E-state index is -4.75. The molecule has 5 nitrogen and oxygen atoms in total. The average Bonchev–Trinajstić information content (AvgIpc) is 3.20. The highest BCUT2D eigenvalue weighted by atomic mass is 35.5. The van der Waals surface area contributed by atoms with Gasteiger partial charge < -0.3 is 14.7 Å². The number of likely N-dealkylation sites (tertiary alicyclic amines) is 1. The molecule has 1 amide bonds. The lowest BCUT2D eigenvalue weighted by molar-refractivity contribution is -0.139. The molecule has 3 rings (SSSR count). The third-order valence-electron chi connectivity index (χ3n) is 4.55. The van der Waals surface area contributed by atoms with Crippen LogP contribution < -0.4 is 4.74 Å². The lowest BCUT2D eigenvalue weighted by atomic mass is 9.97. The number of benzene rings is 2. The van der Waals surface area contributed by atoms with Crippen molar-refractivity contribution in [3.05, 3.63) is 52.5 Å². The lowest BCUT2D eigenvalue weighted by Gasteiger charge is -2.20. The maximum Gasteiger partial charge on any atom is 0.417 e. The molecule has 0 unspecified atom stereocenters. The molecule has 0 bridgehead atoms. The van der Waals surface area contributed by atoms with Gasteiger partial charge in [0.05, 0.1) is 11.1 Å². The van der Waals surface area contributed by atoms with Crippen molar-refractivity contribution in [2.45, 2.75) is 19.0 Å². The van der Waals surface area contributed by atoms with Gasteiger partial charge in [0.1, 0.15) is 5.75 Å². The van der Waals surface area contributed by atoms with Crippen molar-refractivity contribution < 1.29 is 32.6 Å². The highest BCUT2D eigenvalue weighted by Gasteiger charge is 2.37. The molecule has 0 saturated carbocycles. The molecule has 1 heterocycles. The van der Waals surface area contributed by atoms with Gasteiger partial charge in [-0.15, -0.1) is 0 Å². The third kappa shape index (κ3) is 4.82. The molecule has 1 aliphatic heterocycles. The summed E-state index contributed by atoms with van der Waals surface area (Å²) in [4.78, 5) is 24.8. The summed E-state index contributed by atoms with van der Waals surface area (Å²) in [5.41, 5.74) is -1.17. The number of carbonyl (C=O) groups is 2. The van der Waals surface area contributed by atoms with E-state index in [4.69, 9.17) is 21.4 Å². The summed E-state index contributed by atoms with van der Waals surface area (Å²) in [6.45, 7) is 0.199. The zero-order valence-electron chi connectivity index (χ0n) is 15.1. The molecular weight excluding hydrogens is 411 g/mol. The summed E-state index contributed by atoms with van der Waals surface area (Å²) in [7, 11) is 0. The zero-order valence-corrected chi connectivity index (χ0v) is 15.9. The van der Waals surface area contributed by atoms with Crippen LogP contribution in [0.2, 0.25) is 5.02 Å². The van der Waals surface area contributed by atoms with E-state index in [1.54, 1.807) is 0 Å². The van der Waals surface area contributed by atoms with Gasteiger partial charge in [0.2, 0.25) is 0 Å². The molecule has 1 fully saturated rings. The van der Waals surface area contributed by atoms with E-state index in [9.17, 15) is 22.8 Å². The van der Waals surface area contributed by atoms with Crippen LogP contribution in [0.4, 0.5) is 13.2 Å². The van der Waals surface area contributed by atoms with Crippen LogP contribution in [0.3, 0.4) is 0 Å². The highest BCUT2D eigenvalue weighted by Crippen LogP contribution is 2.39. The number of nitrogens with zero attached hydrogens (tertiary/aromatic N) is 1. The second-order valence-electron chi connectivity index (χ2n) is 6.58. The Bertz CT molecular complexity index is 940. The van der Waals surface area contributed by atoms with Gasteiger partial charge in [-0.05, 0) is 48.7 Å². The van der Waals surface area contributed by atoms with Crippen LogP contribution >= 0.6 is 11.6 Å². The molecule has 1 N–H and O–H groups in total. The van der Waals surface area contributed by atoms with E-state index >= 15 is 0 Å². The van der Waals surface area contributed by atoms with Gasteiger partial charge in [-0.3, -0.25) is 4.79 Å². The summed E-state index contributed by atoms with van der Waals surface area (Å²) in [5.74, 6) is -1.81. The molecule has 0 atom stereocenters. The first-order valence-corrected chi connectivity index (χ1v) is 9.19. The minimum absolute atomic E-state index is 0.0727. The molecule has 0 aromatic heterocycles. The Balaban J connectivity index is 2.06. The molecule has 2 aromatic rings. The van der Waals surface area contributed by atoms with E-state index in [0.717, 1.165) is 25.0 Å². The Hall–Kier alpha value is -2.74. The SMILES string of the molecule is O=C(O)COc1ccc(Cl)cc1-c1ccc(C(=O)N2CCCC2)c(C(F)(F)F)c1. The Labute approximate surface area is 169 Å². The van der Waals surface area contributed by atoms with Gasteiger partial charge >= 0.3 is 12.1 Å². The van der Waals surface area contributed by atoms with Gasteiger partial charge in [-0.25, -0.2) is 4.79 Å². The monoisotopic (exact) mass is 427 g/mol. The molecule has 1 saturated heterocycles. The van der Waals surface area contributed by atoms with Crippen LogP contribution in [0.1, 0.15) is 28.8 Å². The Morgan fingerprint density at radius 1 is 1.10 bits per heavy atom. The molecule has 9 heteroatoms. The first-order chi connectivity index (χ1) is 13.7.